The Labute approximate surface area is 106 Å². The number of hydrogen-bond donors (Lipinski definition) is 2. The first kappa shape index (κ1) is 12.5. The molecule has 0 amide bonds. The summed E-state index contributed by atoms with van der Waals surface area (Å²) in [5.41, 5.74) is 5.26. The molecule has 0 spiro atoms. The van der Waals surface area contributed by atoms with Gasteiger partial charge < -0.3 is 5.73 Å². The van der Waals surface area contributed by atoms with Crippen LogP contribution in [0.15, 0.2) is 18.3 Å². The lowest BCUT2D eigenvalue weighted by molar-refractivity contribution is 0.559. The minimum absolute atomic E-state index is 0.0243. The van der Waals surface area contributed by atoms with Gasteiger partial charge in [-0.2, -0.15) is 5.10 Å². The number of halogens is 3. The molecule has 4 nitrogen and oxygen atoms in total. The number of nitrogen functional groups attached to an aromatic ring is 1. The molecular weight excluding hydrogens is 262 g/mol. The molecule has 7 heteroatoms. The van der Waals surface area contributed by atoms with E-state index in [0.717, 1.165) is 16.8 Å². The van der Waals surface area contributed by atoms with Gasteiger partial charge in [-0.15, -0.1) is 0 Å². The summed E-state index contributed by atoms with van der Waals surface area (Å²) in [7, 11) is 0. The molecule has 0 aliphatic carbocycles. The summed E-state index contributed by atoms with van der Waals surface area (Å²) in [5, 5.41) is 11.3. The lowest BCUT2D eigenvalue weighted by Gasteiger charge is -2.07. The zero-order valence-corrected chi connectivity index (χ0v) is 10.1. The summed E-state index contributed by atoms with van der Waals surface area (Å²) in [6.07, 6.45) is 1.31. The minimum Gasteiger partial charge on any atom is -0.384 e. The molecule has 0 unspecified atom stereocenters. The second-order valence-electron chi connectivity index (χ2n) is 3.71. The van der Waals surface area contributed by atoms with Crippen molar-refractivity contribution in [2.24, 2.45) is 5.73 Å². The van der Waals surface area contributed by atoms with Gasteiger partial charge in [0.05, 0.1) is 10.7 Å². The van der Waals surface area contributed by atoms with E-state index in [1.54, 1.807) is 6.92 Å². The molecule has 0 atom stereocenters. The Kier molecular flexibility index (Phi) is 3.04. The van der Waals surface area contributed by atoms with Gasteiger partial charge in [0, 0.05) is 11.8 Å². The molecule has 1 aromatic heterocycles. The quantitative estimate of drug-likeness (QED) is 0.650. The van der Waals surface area contributed by atoms with Crippen LogP contribution in [0, 0.1) is 24.0 Å². The van der Waals surface area contributed by atoms with Crippen LogP contribution >= 0.6 is 11.6 Å². The molecule has 94 valence electrons. The van der Waals surface area contributed by atoms with Crippen molar-refractivity contribution in [3.63, 3.8) is 0 Å². The molecule has 3 N–H and O–H groups in total. The Morgan fingerprint density at radius 3 is 2.33 bits per heavy atom. The molecule has 0 aliphatic rings. The fraction of sp³-hybridized carbons (Fsp3) is 0.0909. The number of rotatable bonds is 2. The molecule has 0 fully saturated rings. The maximum atomic E-state index is 13.8. The van der Waals surface area contributed by atoms with Crippen LogP contribution < -0.4 is 5.73 Å². The average Bonchev–Trinajstić information content (AvgIpc) is 2.57. The van der Waals surface area contributed by atoms with E-state index in [1.165, 1.54) is 6.20 Å². The number of hydrogen-bond acceptors (Lipinski definition) is 2. The first-order valence-electron chi connectivity index (χ1n) is 4.95. The Morgan fingerprint density at radius 2 is 1.94 bits per heavy atom. The van der Waals surface area contributed by atoms with Gasteiger partial charge in [-0.25, -0.2) is 13.5 Å². The Morgan fingerprint density at radius 1 is 1.39 bits per heavy atom. The van der Waals surface area contributed by atoms with Crippen LogP contribution in [0.3, 0.4) is 0 Å². The number of benzene rings is 1. The first-order chi connectivity index (χ1) is 8.40. The van der Waals surface area contributed by atoms with E-state index in [4.69, 9.17) is 22.7 Å². The first-order valence-corrected chi connectivity index (χ1v) is 5.33. The molecule has 0 saturated heterocycles. The van der Waals surface area contributed by atoms with E-state index in [9.17, 15) is 8.78 Å². The Balaban J connectivity index is 2.62. The predicted octanol–water partition coefficient (Wildman–Crippen LogP) is 2.40. The molecule has 0 bridgehead atoms. The Hall–Kier alpha value is -1.95. The van der Waals surface area contributed by atoms with Crippen molar-refractivity contribution in [1.29, 1.82) is 5.41 Å². The van der Waals surface area contributed by atoms with E-state index in [0.29, 0.717) is 10.7 Å². The van der Waals surface area contributed by atoms with Gasteiger partial charge in [0.25, 0.3) is 0 Å². The number of amidine groups is 1. The maximum absolute atomic E-state index is 13.8. The molecule has 1 aromatic carbocycles. The van der Waals surface area contributed by atoms with Crippen LogP contribution in [0.5, 0.6) is 0 Å². The fourth-order valence-corrected chi connectivity index (χ4v) is 1.62. The summed E-state index contributed by atoms with van der Waals surface area (Å²) in [6, 6.07) is 1.96. The molecule has 18 heavy (non-hydrogen) atoms. The second-order valence-corrected chi connectivity index (χ2v) is 4.12. The summed E-state index contributed by atoms with van der Waals surface area (Å²) >= 11 is 5.78. The normalized spacial score (nSPS) is 10.7. The highest BCUT2D eigenvalue weighted by atomic mass is 35.5. The van der Waals surface area contributed by atoms with Crippen molar-refractivity contribution >= 4 is 17.4 Å². The third-order valence-corrected chi connectivity index (χ3v) is 2.77. The van der Waals surface area contributed by atoms with Gasteiger partial charge in [-0.1, -0.05) is 11.6 Å². The van der Waals surface area contributed by atoms with Crippen molar-refractivity contribution in [1.82, 2.24) is 9.78 Å². The highest BCUT2D eigenvalue weighted by molar-refractivity contribution is 6.31. The topological polar surface area (TPSA) is 67.7 Å². The van der Waals surface area contributed by atoms with Crippen molar-refractivity contribution in [2.75, 3.05) is 0 Å². The number of nitrogens with one attached hydrogen (secondary N) is 1. The van der Waals surface area contributed by atoms with Gasteiger partial charge in [-0.05, 0) is 19.1 Å². The lowest BCUT2D eigenvalue weighted by Crippen LogP contribution is -2.13. The van der Waals surface area contributed by atoms with Crippen molar-refractivity contribution < 1.29 is 8.78 Å². The summed E-state index contributed by atoms with van der Waals surface area (Å²) in [4.78, 5) is 0. The van der Waals surface area contributed by atoms with Gasteiger partial charge in [0.15, 0.2) is 11.6 Å². The van der Waals surface area contributed by atoms with Crippen molar-refractivity contribution in [2.45, 2.75) is 6.92 Å². The van der Waals surface area contributed by atoms with E-state index in [1.807, 2.05) is 0 Å². The maximum Gasteiger partial charge on any atom is 0.152 e. The zero-order valence-electron chi connectivity index (χ0n) is 9.34. The highest BCUT2D eigenvalue weighted by Crippen LogP contribution is 2.22. The molecule has 2 rings (SSSR count). The number of aryl methyl sites for hydroxylation is 1. The van der Waals surface area contributed by atoms with Gasteiger partial charge in [0.2, 0.25) is 0 Å². The predicted molar refractivity (Wildman–Crippen MR) is 64.2 cm³/mol. The van der Waals surface area contributed by atoms with E-state index in [-0.39, 0.29) is 11.3 Å². The zero-order chi connectivity index (χ0) is 13.4. The minimum atomic E-state index is -0.862. The number of nitrogens with two attached hydrogens (primary N) is 1. The van der Waals surface area contributed by atoms with E-state index >= 15 is 0 Å². The van der Waals surface area contributed by atoms with E-state index in [2.05, 4.69) is 5.10 Å². The summed E-state index contributed by atoms with van der Waals surface area (Å²) < 4.78 is 28.6. The molecular formula is C11H9ClF2N4. The largest absolute Gasteiger partial charge is 0.384 e. The fourth-order valence-electron chi connectivity index (χ4n) is 1.49. The van der Waals surface area contributed by atoms with Gasteiger partial charge >= 0.3 is 0 Å². The Bertz CT molecular complexity index is 593. The number of nitrogens with zero attached hydrogens (tertiary/aromatic N) is 2. The lowest BCUT2D eigenvalue weighted by atomic mass is 10.1. The smallest absolute Gasteiger partial charge is 0.152 e. The second kappa shape index (κ2) is 4.38. The van der Waals surface area contributed by atoms with Crippen molar-refractivity contribution in [3.05, 3.63) is 46.2 Å². The van der Waals surface area contributed by atoms with Crippen LogP contribution in [-0.4, -0.2) is 15.6 Å². The third kappa shape index (κ3) is 2.06. The standard InChI is InChI=1S/C11H9ClF2N4/c1-5-7(12)4-18(17-5)10-8(13)2-6(11(15)16)3-9(10)14/h2-4H,1H3,(H3,15,16). The average molecular weight is 271 g/mol. The van der Waals surface area contributed by atoms with Crippen LogP contribution in [-0.2, 0) is 0 Å². The molecule has 0 aliphatic heterocycles. The van der Waals surface area contributed by atoms with Gasteiger partial charge in [-0.3, -0.25) is 5.41 Å². The van der Waals surface area contributed by atoms with Crippen LogP contribution in [0.4, 0.5) is 8.78 Å². The van der Waals surface area contributed by atoms with Crippen molar-refractivity contribution in [3.8, 4) is 5.69 Å². The molecule has 0 radical (unpaired) electrons. The van der Waals surface area contributed by atoms with Crippen LogP contribution in [0.25, 0.3) is 5.69 Å². The molecule has 1 heterocycles. The SMILES string of the molecule is Cc1nn(-c2c(F)cc(C(=N)N)cc2F)cc1Cl. The van der Waals surface area contributed by atoms with E-state index < -0.39 is 17.5 Å². The van der Waals surface area contributed by atoms with Crippen LogP contribution in [0.1, 0.15) is 11.3 Å². The third-order valence-electron chi connectivity index (χ3n) is 2.40. The highest BCUT2D eigenvalue weighted by Gasteiger charge is 2.16. The summed E-state index contributed by atoms with van der Waals surface area (Å²) in [6.45, 7) is 1.62. The van der Waals surface area contributed by atoms with Crippen LogP contribution in [0.2, 0.25) is 5.02 Å². The molecule has 0 saturated carbocycles. The van der Waals surface area contributed by atoms with Gasteiger partial charge in [0.1, 0.15) is 11.5 Å². The summed E-state index contributed by atoms with van der Waals surface area (Å²) in [5.74, 6) is -2.13. The molecule has 2 aromatic rings. The monoisotopic (exact) mass is 270 g/mol. The number of aromatic nitrogens is 2.